The van der Waals surface area contributed by atoms with Gasteiger partial charge in [-0.05, 0) is 17.4 Å². The first-order chi connectivity index (χ1) is 10.5. The molecule has 1 aromatic carbocycles. The van der Waals surface area contributed by atoms with E-state index in [1.165, 1.54) is 18.2 Å². The molecule has 0 amide bonds. The Balaban J connectivity index is 2.02. The predicted molar refractivity (Wildman–Crippen MR) is 76.9 cm³/mol. The first kappa shape index (κ1) is 17.8. The van der Waals surface area contributed by atoms with Crippen LogP contribution in [0.5, 0.6) is 0 Å². The van der Waals surface area contributed by atoms with Crippen LogP contribution in [0.4, 0.5) is 17.6 Å². The molecule has 2 atom stereocenters. The number of ether oxygens (including phenoxy) is 1. The summed E-state index contributed by atoms with van der Waals surface area (Å²) < 4.78 is 55.9. The number of halogens is 5. The van der Waals surface area contributed by atoms with Gasteiger partial charge in [-0.15, -0.1) is 0 Å². The molecular formula is C16H15ClF4O2. The average molecular weight is 351 g/mol. The fourth-order valence-electron chi connectivity index (χ4n) is 2.55. The zero-order chi connectivity index (χ0) is 17.4. The van der Waals surface area contributed by atoms with Crippen molar-refractivity contribution in [3.05, 3.63) is 46.8 Å². The summed E-state index contributed by atoms with van der Waals surface area (Å²) >= 11 is 5.22. The largest absolute Gasteiger partial charge is 0.460 e. The Morgan fingerprint density at radius 2 is 1.96 bits per heavy atom. The zero-order valence-corrected chi connectivity index (χ0v) is 13.2. The van der Waals surface area contributed by atoms with Crippen molar-refractivity contribution in [2.24, 2.45) is 17.3 Å². The van der Waals surface area contributed by atoms with Crippen LogP contribution in [-0.2, 0) is 16.1 Å². The lowest BCUT2D eigenvalue weighted by Crippen LogP contribution is -2.11. The van der Waals surface area contributed by atoms with Crippen LogP contribution in [0, 0.1) is 23.1 Å². The Bertz CT molecular complexity index is 637. The average Bonchev–Trinajstić information content (AvgIpc) is 2.97. The van der Waals surface area contributed by atoms with Crippen LogP contribution in [0.15, 0.2) is 35.4 Å². The van der Waals surface area contributed by atoms with Crippen LogP contribution in [0.1, 0.15) is 19.4 Å². The van der Waals surface area contributed by atoms with E-state index in [-0.39, 0.29) is 12.2 Å². The second-order valence-corrected chi connectivity index (χ2v) is 6.44. The summed E-state index contributed by atoms with van der Waals surface area (Å²) in [6, 6.07) is 5.81. The third-order valence-electron chi connectivity index (χ3n) is 4.09. The highest BCUT2D eigenvalue weighted by atomic mass is 35.5. The summed E-state index contributed by atoms with van der Waals surface area (Å²) in [5, 5.41) is -1.25. The van der Waals surface area contributed by atoms with Crippen molar-refractivity contribution in [1.29, 1.82) is 0 Å². The monoisotopic (exact) mass is 350 g/mol. The molecule has 0 N–H and O–H groups in total. The fourth-order valence-corrected chi connectivity index (χ4v) is 2.68. The summed E-state index contributed by atoms with van der Waals surface area (Å²) in [4.78, 5) is 12.0. The summed E-state index contributed by atoms with van der Waals surface area (Å²) in [7, 11) is 0. The third kappa shape index (κ3) is 3.86. The Morgan fingerprint density at radius 1 is 1.35 bits per heavy atom. The second-order valence-electron chi connectivity index (χ2n) is 6.04. The van der Waals surface area contributed by atoms with Crippen LogP contribution in [-0.4, -0.2) is 12.1 Å². The number of rotatable bonds is 4. The van der Waals surface area contributed by atoms with Crippen molar-refractivity contribution in [2.45, 2.75) is 26.6 Å². The van der Waals surface area contributed by atoms with Crippen molar-refractivity contribution in [3.8, 4) is 0 Å². The SMILES string of the molecule is CC1(C)C(/C=C(/Cl)C(F)(F)F)C1C(=O)OCc1ccccc1F. The maximum Gasteiger partial charge on any atom is 0.426 e. The van der Waals surface area contributed by atoms with Gasteiger partial charge >= 0.3 is 12.1 Å². The summed E-state index contributed by atoms with van der Waals surface area (Å²) in [6.07, 6.45) is -3.79. The zero-order valence-electron chi connectivity index (χ0n) is 12.5. The van der Waals surface area contributed by atoms with Crippen molar-refractivity contribution >= 4 is 17.6 Å². The predicted octanol–water partition coefficient (Wildman–Crippen LogP) is 4.83. The Morgan fingerprint density at radius 3 is 2.52 bits per heavy atom. The number of carbonyl (C=O) groups excluding carboxylic acids is 1. The molecule has 1 fully saturated rings. The molecule has 1 saturated carbocycles. The molecular weight excluding hydrogens is 336 g/mol. The molecule has 0 aliphatic heterocycles. The highest BCUT2D eigenvalue weighted by Crippen LogP contribution is 2.60. The minimum absolute atomic E-state index is 0.208. The molecule has 0 spiro atoms. The van der Waals surface area contributed by atoms with Crippen molar-refractivity contribution in [2.75, 3.05) is 0 Å². The molecule has 23 heavy (non-hydrogen) atoms. The van der Waals surface area contributed by atoms with Gasteiger partial charge in [-0.2, -0.15) is 13.2 Å². The molecule has 0 radical (unpaired) electrons. The molecule has 2 rings (SSSR count). The van der Waals surface area contributed by atoms with E-state index in [9.17, 15) is 22.4 Å². The molecule has 0 bridgehead atoms. The number of benzene rings is 1. The highest BCUT2D eigenvalue weighted by Gasteiger charge is 2.62. The number of esters is 1. The standard InChI is InChI=1S/C16H15ClF4O2/c1-15(2)10(7-12(17)16(19,20)21)13(15)14(22)23-8-9-5-3-4-6-11(9)18/h3-7,10,13H,8H2,1-2H3/b12-7+. The maximum absolute atomic E-state index is 13.4. The molecule has 1 aliphatic rings. The number of allylic oxidation sites excluding steroid dienone is 2. The van der Waals surface area contributed by atoms with E-state index < -0.39 is 40.2 Å². The van der Waals surface area contributed by atoms with Crippen LogP contribution < -0.4 is 0 Å². The van der Waals surface area contributed by atoms with Crippen molar-refractivity contribution in [1.82, 2.24) is 0 Å². The van der Waals surface area contributed by atoms with Crippen LogP contribution in [0.3, 0.4) is 0 Å². The fraction of sp³-hybridized carbons (Fsp3) is 0.438. The van der Waals surface area contributed by atoms with Crippen LogP contribution >= 0.6 is 11.6 Å². The van der Waals surface area contributed by atoms with E-state index in [0.717, 1.165) is 6.08 Å². The van der Waals surface area contributed by atoms with Crippen molar-refractivity contribution < 1.29 is 27.1 Å². The molecule has 7 heteroatoms. The number of hydrogen-bond acceptors (Lipinski definition) is 2. The van der Waals surface area contributed by atoms with Crippen molar-refractivity contribution in [3.63, 3.8) is 0 Å². The van der Waals surface area contributed by atoms with E-state index in [2.05, 4.69) is 0 Å². The van der Waals surface area contributed by atoms with Gasteiger partial charge in [-0.25, -0.2) is 4.39 Å². The normalized spacial score (nSPS) is 23.5. The van der Waals surface area contributed by atoms with E-state index in [4.69, 9.17) is 16.3 Å². The second kappa shape index (κ2) is 6.15. The number of carbonyl (C=O) groups is 1. The minimum atomic E-state index is -4.64. The quantitative estimate of drug-likeness (QED) is 0.574. The van der Waals surface area contributed by atoms with Gasteiger partial charge in [0.25, 0.3) is 0 Å². The maximum atomic E-state index is 13.4. The summed E-state index contributed by atoms with van der Waals surface area (Å²) in [5.41, 5.74) is -0.475. The van der Waals surface area contributed by atoms with Gasteiger partial charge < -0.3 is 4.74 Å². The summed E-state index contributed by atoms with van der Waals surface area (Å²) in [5.74, 6) is -2.56. The van der Waals surface area contributed by atoms with E-state index in [1.54, 1.807) is 19.9 Å². The molecule has 0 heterocycles. The van der Waals surface area contributed by atoms with E-state index in [1.807, 2.05) is 0 Å². The lowest BCUT2D eigenvalue weighted by Gasteiger charge is -2.06. The molecule has 0 saturated heterocycles. The van der Waals surface area contributed by atoms with Gasteiger partial charge in [0.1, 0.15) is 17.5 Å². The topological polar surface area (TPSA) is 26.3 Å². The van der Waals surface area contributed by atoms with Crippen LogP contribution in [0.2, 0.25) is 0 Å². The first-order valence-electron chi connectivity index (χ1n) is 6.89. The third-order valence-corrected chi connectivity index (χ3v) is 4.43. The van der Waals surface area contributed by atoms with Gasteiger partial charge in [0.05, 0.1) is 5.92 Å². The lowest BCUT2D eigenvalue weighted by atomic mass is 10.1. The van der Waals surface area contributed by atoms with E-state index in [0.29, 0.717) is 0 Å². The lowest BCUT2D eigenvalue weighted by molar-refractivity contribution is -0.147. The van der Waals surface area contributed by atoms with Gasteiger partial charge in [0, 0.05) is 5.56 Å². The Labute approximate surface area is 136 Å². The Kier molecular flexibility index (Phi) is 4.76. The van der Waals surface area contributed by atoms with E-state index >= 15 is 0 Å². The molecule has 2 unspecified atom stereocenters. The molecule has 0 aromatic heterocycles. The number of alkyl halides is 3. The summed E-state index contributed by atoms with van der Waals surface area (Å²) in [6.45, 7) is 3.05. The molecule has 2 nitrogen and oxygen atoms in total. The molecule has 126 valence electrons. The van der Waals surface area contributed by atoms with Crippen LogP contribution in [0.25, 0.3) is 0 Å². The smallest absolute Gasteiger partial charge is 0.426 e. The van der Waals surface area contributed by atoms with Gasteiger partial charge in [-0.3, -0.25) is 4.79 Å². The minimum Gasteiger partial charge on any atom is -0.460 e. The van der Waals surface area contributed by atoms with Gasteiger partial charge in [0.2, 0.25) is 0 Å². The van der Waals surface area contributed by atoms with Gasteiger partial charge in [-0.1, -0.05) is 49.7 Å². The Hall–Kier alpha value is -1.56. The van der Waals surface area contributed by atoms with Gasteiger partial charge in [0.15, 0.2) is 0 Å². The molecule has 1 aliphatic carbocycles. The first-order valence-corrected chi connectivity index (χ1v) is 7.27. The molecule has 1 aromatic rings. The highest BCUT2D eigenvalue weighted by molar-refractivity contribution is 6.30. The number of hydrogen-bond donors (Lipinski definition) is 0.